The number of nitrogens with two attached hydrogens (primary N) is 1. The molecule has 0 amide bonds. The molecule has 0 saturated carbocycles. The van der Waals surface area contributed by atoms with Gasteiger partial charge < -0.3 is 0 Å². The monoisotopic (exact) mass is 342 g/mol. The zero-order valence-electron chi connectivity index (χ0n) is 11.0. The molecule has 1 atom stereocenters. The van der Waals surface area contributed by atoms with E-state index in [4.69, 9.17) is 5.73 Å². The van der Waals surface area contributed by atoms with Crippen molar-refractivity contribution < 1.29 is 0 Å². The number of rotatable bonds is 12. The van der Waals surface area contributed by atoms with Crippen molar-refractivity contribution in [1.29, 1.82) is 0 Å². The van der Waals surface area contributed by atoms with Gasteiger partial charge in [0.15, 0.2) is 0 Å². The Bertz CT molecular complexity index is 126. The summed E-state index contributed by atoms with van der Waals surface area (Å²) in [6, 6.07) is 0. The molecule has 0 bridgehead atoms. The summed E-state index contributed by atoms with van der Waals surface area (Å²) in [6.07, 6.45) is 16.8. The van der Waals surface area contributed by atoms with E-state index in [1.165, 1.54) is 77.0 Å². The first-order valence-corrected chi connectivity index (χ1v) is 8.53. The van der Waals surface area contributed by atoms with E-state index < -0.39 is 0 Å². The normalized spacial score (nSPS) is 12.9. The van der Waals surface area contributed by atoms with Crippen LogP contribution in [0.1, 0.15) is 84.0 Å². The first kappa shape index (κ1) is 16.7. The zero-order valence-corrected chi connectivity index (χ0v) is 13.4. The van der Waals surface area contributed by atoms with E-state index in [0.29, 0.717) is 4.09 Å². The summed E-state index contributed by atoms with van der Waals surface area (Å²) < 4.78 is 0.411. The van der Waals surface area contributed by atoms with Crippen molar-refractivity contribution in [3.8, 4) is 0 Å². The van der Waals surface area contributed by atoms with Gasteiger partial charge in [0.2, 0.25) is 0 Å². The fourth-order valence-electron chi connectivity index (χ4n) is 2.01. The first-order chi connectivity index (χ1) is 7.77. The van der Waals surface area contributed by atoms with Crippen molar-refractivity contribution in [1.82, 2.24) is 0 Å². The Balaban J connectivity index is 2.88. The maximum absolute atomic E-state index is 5.72. The predicted molar refractivity (Wildman–Crippen MR) is 74.8 cm³/mol. The third-order valence-electron chi connectivity index (χ3n) is 3.09. The molecule has 0 aromatic rings. The van der Waals surface area contributed by atoms with Crippen molar-refractivity contribution in [2.75, 3.05) is 0 Å². The molecule has 0 aliphatic carbocycles. The van der Waals surface area contributed by atoms with Crippen LogP contribution in [0.25, 0.3) is 0 Å². The van der Waals surface area contributed by atoms with Gasteiger partial charge in [0, 0.05) is 0 Å². The molecule has 97 valence electrons. The molecule has 0 aliphatic rings. The van der Waals surface area contributed by atoms with Crippen LogP contribution in [-0.2, 0) is 0 Å². The standard InChI is InChI=1S/C14H30NTe/c1-2-3-4-5-6-7-8-9-10-11-12-13-14(15)16/h14H,2-13,15H2,1H3. The van der Waals surface area contributed by atoms with Gasteiger partial charge in [-0.2, -0.15) is 0 Å². The molecule has 1 nitrogen and oxygen atoms in total. The summed E-state index contributed by atoms with van der Waals surface area (Å²) in [5.74, 6) is 0. The molecule has 0 fully saturated rings. The second-order valence-electron chi connectivity index (χ2n) is 4.86. The molecule has 1 unspecified atom stereocenters. The summed E-state index contributed by atoms with van der Waals surface area (Å²) in [7, 11) is 0. The van der Waals surface area contributed by atoms with Crippen LogP contribution in [0, 0.1) is 0 Å². The zero-order chi connectivity index (χ0) is 12.1. The molecule has 2 heteroatoms. The minimum atomic E-state index is 0.411. The van der Waals surface area contributed by atoms with Crippen molar-refractivity contribution in [2.24, 2.45) is 5.73 Å². The third-order valence-corrected chi connectivity index (χ3v) is 3.76. The van der Waals surface area contributed by atoms with E-state index >= 15 is 0 Å². The SMILES string of the molecule is CCCCCCCCCCCCCC(N)[Te]. The summed E-state index contributed by atoms with van der Waals surface area (Å²) in [5.41, 5.74) is 5.72. The second-order valence-corrected chi connectivity index (χ2v) is 6.59. The fourth-order valence-corrected chi connectivity index (χ4v) is 2.49. The molecular weight excluding hydrogens is 310 g/mol. The summed E-state index contributed by atoms with van der Waals surface area (Å²) in [6.45, 7) is 2.28. The topological polar surface area (TPSA) is 26.0 Å². The molecule has 0 spiro atoms. The van der Waals surface area contributed by atoms with Crippen LogP contribution in [-0.4, -0.2) is 26.4 Å². The molecular formula is C14H30NTe. The van der Waals surface area contributed by atoms with E-state index in [-0.39, 0.29) is 0 Å². The Morgan fingerprint density at radius 1 is 0.750 bits per heavy atom. The van der Waals surface area contributed by atoms with Crippen LogP contribution >= 0.6 is 0 Å². The van der Waals surface area contributed by atoms with Crippen LogP contribution in [0.4, 0.5) is 0 Å². The van der Waals surface area contributed by atoms with Crippen molar-refractivity contribution >= 4 is 22.3 Å². The predicted octanol–water partition coefficient (Wildman–Crippen LogP) is 4.14. The Labute approximate surface area is 116 Å². The molecule has 0 aromatic carbocycles. The minimum absolute atomic E-state index is 0.411. The fraction of sp³-hybridized carbons (Fsp3) is 1.00. The molecule has 0 saturated heterocycles. The van der Waals surface area contributed by atoms with Gasteiger partial charge in [0.1, 0.15) is 0 Å². The van der Waals surface area contributed by atoms with Gasteiger partial charge in [0.05, 0.1) is 0 Å². The van der Waals surface area contributed by atoms with E-state index in [0.717, 1.165) is 0 Å². The van der Waals surface area contributed by atoms with E-state index in [1.54, 1.807) is 0 Å². The van der Waals surface area contributed by atoms with Gasteiger partial charge in [-0.25, -0.2) is 0 Å². The molecule has 0 rings (SSSR count). The third kappa shape index (κ3) is 14.7. The van der Waals surface area contributed by atoms with Gasteiger partial charge >= 0.3 is 103 Å². The molecule has 0 aliphatic heterocycles. The molecule has 0 heterocycles. The van der Waals surface area contributed by atoms with E-state index in [9.17, 15) is 0 Å². The van der Waals surface area contributed by atoms with Gasteiger partial charge in [-0.1, -0.05) is 13.3 Å². The van der Waals surface area contributed by atoms with Crippen molar-refractivity contribution in [2.45, 2.75) is 88.1 Å². The molecule has 2 N–H and O–H groups in total. The number of hydrogen-bond donors (Lipinski definition) is 1. The Hall–Kier alpha value is 0.750. The van der Waals surface area contributed by atoms with Crippen LogP contribution < -0.4 is 5.73 Å². The Morgan fingerprint density at radius 3 is 1.50 bits per heavy atom. The Morgan fingerprint density at radius 2 is 1.12 bits per heavy atom. The number of hydrogen-bond acceptors (Lipinski definition) is 1. The van der Waals surface area contributed by atoms with Gasteiger partial charge in [0.25, 0.3) is 0 Å². The summed E-state index contributed by atoms with van der Waals surface area (Å²) in [4.78, 5) is 0. The first-order valence-electron chi connectivity index (χ1n) is 7.18. The van der Waals surface area contributed by atoms with Crippen LogP contribution in [0.3, 0.4) is 0 Å². The van der Waals surface area contributed by atoms with E-state index in [1.807, 2.05) is 22.3 Å². The van der Waals surface area contributed by atoms with Gasteiger partial charge in [-0.15, -0.1) is 0 Å². The molecule has 0 aromatic heterocycles. The van der Waals surface area contributed by atoms with Gasteiger partial charge in [-0.05, 0) is 0 Å². The van der Waals surface area contributed by atoms with Crippen molar-refractivity contribution in [3.05, 3.63) is 0 Å². The quantitative estimate of drug-likeness (QED) is 0.419. The molecule has 1 radical (unpaired) electrons. The van der Waals surface area contributed by atoms with Crippen LogP contribution in [0.5, 0.6) is 0 Å². The van der Waals surface area contributed by atoms with Crippen LogP contribution in [0.2, 0.25) is 0 Å². The van der Waals surface area contributed by atoms with Gasteiger partial charge in [-0.3, -0.25) is 0 Å². The number of unbranched alkanes of at least 4 members (excludes halogenated alkanes) is 10. The maximum atomic E-state index is 5.72. The average Bonchev–Trinajstić information content (AvgIpc) is 2.25. The summed E-state index contributed by atoms with van der Waals surface area (Å²) >= 11 is 2.04. The Kier molecular flexibility index (Phi) is 14.5. The molecule has 16 heavy (non-hydrogen) atoms. The summed E-state index contributed by atoms with van der Waals surface area (Å²) in [5, 5.41) is 0. The van der Waals surface area contributed by atoms with Crippen molar-refractivity contribution in [3.63, 3.8) is 0 Å². The van der Waals surface area contributed by atoms with Crippen LogP contribution in [0.15, 0.2) is 0 Å². The average molecular weight is 340 g/mol. The van der Waals surface area contributed by atoms with E-state index in [2.05, 4.69) is 6.92 Å². The second kappa shape index (κ2) is 13.8.